The van der Waals surface area contributed by atoms with E-state index in [1.165, 1.54) is 41.7 Å². The van der Waals surface area contributed by atoms with E-state index < -0.39 is 35.8 Å². The van der Waals surface area contributed by atoms with Gasteiger partial charge in [-0.1, -0.05) is 17.3 Å². The van der Waals surface area contributed by atoms with Crippen LogP contribution in [0.25, 0.3) is 0 Å². The Balaban J connectivity index is 1.18. The molecule has 1 unspecified atom stereocenters. The maximum absolute atomic E-state index is 14.1. The van der Waals surface area contributed by atoms with E-state index in [0.717, 1.165) is 11.1 Å². The standard InChI is InChI=1S/C25H21F5N4O3S/c26-15-3-1-4-16(27)23(15)19-11-17(33-37-19)18-13-38-24(31-18)14-7-9-34(10-8-14)22(12-35)36-21-6-2-5-20(32-21)25(28,29)30/h1-6,12-14,19,22H,7-11H2/t19-,22?/m1/s1. The fraction of sp³-hybridized carbons (Fsp3) is 0.360. The van der Waals surface area contributed by atoms with Crippen LogP contribution in [0.5, 0.6) is 5.88 Å². The van der Waals surface area contributed by atoms with Crippen LogP contribution in [-0.4, -0.2) is 46.2 Å². The van der Waals surface area contributed by atoms with Gasteiger partial charge in [0.05, 0.1) is 16.3 Å². The fourth-order valence-corrected chi connectivity index (χ4v) is 5.46. The SMILES string of the molecule is O=CC(Oc1cccc(C(F)(F)F)n1)N1CCC(c2nc(C3=NO[C@@H](c4c(F)cccc4F)C3)cs2)CC1. The quantitative estimate of drug-likeness (QED) is 0.285. The highest BCUT2D eigenvalue weighted by molar-refractivity contribution is 7.10. The zero-order valence-electron chi connectivity index (χ0n) is 19.7. The first-order valence-electron chi connectivity index (χ1n) is 11.8. The van der Waals surface area contributed by atoms with Crippen LogP contribution >= 0.6 is 11.3 Å². The number of ether oxygens (including phenoxy) is 1. The number of pyridine rings is 1. The van der Waals surface area contributed by atoms with Crippen molar-refractivity contribution in [1.82, 2.24) is 14.9 Å². The summed E-state index contributed by atoms with van der Waals surface area (Å²) in [6, 6.07) is 6.91. The highest BCUT2D eigenvalue weighted by Gasteiger charge is 2.34. The Kier molecular flexibility index (Phi) is 7.39. The van der Waals surface area contributed by atoms with Crippen LogP contribution < -0.4 is 4.74 Å². The van der Waals surface area contributed by atoms with E-state index in [1.807, 2.05) is 5.38 Å². The van der Waals surface area contributed by atoms with E-state index in [0.29, 0.717) is 43.6 Å². The van der Waals surface area contributed by atoms with Gasteiger partial charge in [-0.3, -0.25) is 9.69 Å². The molecular weight excluding hydrogens is 531 g/mol. The van der Waals surface area contributed by atoms with Crippen molar-refractivity contribution in [2.45, 2.75) is 43.7 Å². The highest BCUT2D eigenvalue weighted by Crippen LogP contribution is 2.36. The molecule has 0 aliphatic carbocycles. The Hall–Kier alpha value is -3.45. The monoisotopic (exact) mass is 552 g/mol. The van der Waals surface area contributed by atoms with Crippen molar-refractivity contribution in [3.05, 3.63) is 75.4 Å². The van der Waals surface area contributed by atoms with Crippen LogP contribution in [0.1, 0.15) is 53.2 Å². The largest absolute Gasteiger partial charge is 0.451 e. The highest BCUT2D eigenvalue weighted by atomic mass is 32.1. The number of carbonyl (C=O) groups is 1. The molecule has 38 heavy (non-hydrogen) atoms. The molecule has 0 amide bonds. The van der Waals surface area contributed by atoms with Gasteiger partial charge in [0.2, 0.25) is 12.1 Å². The molecule has 0 N–H and O–H groups in total. The number of thiazole rings is 1. The molecule has 1 fully saturated rings. The van der Waals surface area contributed by atoms with E-state index in [1.54, 1.807) is 4.90 Å². The molecule has 4 heterocycles. The molecule has 0 radical (unpaired) electrons. The van der Waals surface area contributed by atoms with Gasteiger partial charge < -0.3 is 9.57 Å². The molecule has 2 aliphatic rings. The Labute approximate surface area is 217 Å². The van der Waals surface area contributed by atoms with E-state index in [9.17, 15) is 26.7 Å². The Morgan fingerprint density at radius 3 is 2.47 bits per heavy atom. The smallest absolute Gasteiger partial charge is 0.433 e. The Morgan fingerprint density at radius 1 is 1.08 bits per heavy atom. The third kappa shape index (κ3) is 5.53. The molecule has 2 aliphatic heterocycles. The van der Waals surface area contributed by atoms with Crippen molar-refractivity contribution in [1.29, 1.82) is 0 Å². The number of nitrogens with zero attached hydrogens (tertiary/aromatic N) is 4. The third-order valence-corrected chi connectivity index (χ3v) is 7.43. The van der Waals surface area contributed by atoms with Crippen molar-refractivity contribution < 1.29 is 36.3 Å². The van der Waals surface area contributed by atoms with Gasteiger partial charge in [-0.15, -0.1) is 11.3 Å². The van der Waals surface area contributed by atoms with E-state index in [4.69, 9.17) is 9.57 Å². The molecule has 200 valence electrons. The second-order valence-corrected chi connectivity index (χ2v) is 9.75. The van der Waals surface area contributed by atoms with Gasteiger partial charge in [-0.05, 0) is 31.0 Å². The van der Waals surface area contributed by atoms with Gasteiger partial charge in [-0.2, -0.15) is 13.2 Å². The number of aromatic nitrogens is 2. The van der Waals surface area contributed by atoms with Crippen LogP contribution in [0, 0.1) is 11.6 Å². The van der Waals surface area contributed by atoms with Crippen LogP contribution in [0.2, 0.25) is 0 Å². The zero-order valence-corrected chi connectivity index (χ0v) is 20.5. The minimum Gasteiger partial charge on any atom is -0.451 e. The second kappa shape index (κ2) is 10.7. The summed E-state index contributed by atoms with van der Waals surface area (Å²) in [5, 5.41) is 6.67. The number of benzene rings is 1. The molecule has 3 aromatic rings. The maximum Gasteiger partial charge on any atom is 0.433 e. The van der Waals surface area contributed by atoms with E-state index in [2.05, 4.69) is 15.1 Å². The molecule has 5 rings (SSSR count). The number of halogens is 5. The summed E-state index contributed by atoms with van der Waals surface area (Å²) in [5.41, 5.74) is -0.182. The lowest BCUT2D eigenvalue weighted by Crippen LogP contribution is -2.45. The number of oxime groups is 1. The average Bonchev–Trinajstić information content (AvgIpc) is 3.57. The molecule has 0 bridgehead atoms. The van der Waals surface area contributed by atoms with Crippen LogP contribution in [-0.2, 0) is 15.8 Å². The molecule has 1 saturated heterocycles. The normalized spacial score (nSPS) is 19.6. The van der Waals surface area contributed by atoms with Crippen molar-refractivity contribution in [3.63, 3.8) is 0 Å². The van der Waals surface area contributed by atoms with E-state index in [-0.39, 0.29) is 23.8 Å². The Morgan fingerprint density at radius 2 is 1.79 bits per heavy atom. The lowest BCUT2D eigenvalue weighted by atomic mass is 9.97. The Bertz CT molecular complexity index is 1320. The maximum atomic E-state index is 14.1. The van der Waals surface area contributed by atoms with Gasteiger partial charge in [-0.25, -0.2) is 18.7 Å². The van der Waals surface area contributed by atoms with Gasteiger partial charge in [0, 0.05) is 36.9 Å². The summed E-state index contributed by atoms with van der Waals surface area (Å²) in [4.78, 5) is 26.8. The van der Waals surface area contributed by atoms with E-state index >= 15 is 0 Å². The third-order valence-electron chi connectivity index (χ3n) is 6.42. The van der Waals surface area contributed by atoms with Crippen LogP contribution in [0.3, 0.4) is 0 Å². The predicted octanol–water partition coefficient (Wildman–Crippen LogP) is 5.48. The number of piperidine rings is 1. The molecule has 0 spiro atoms. The van der Waals surface area contributed by atoms with Gasteiger partial charge in [0.25, 0.3) is 0 Å². The van der Waals surface area contributed by atoms with Crippen molar-refractivity contribution in [2.75, 3.05) is 13.1 Å². The summed E-state index contributed by atoms with van der Waals surface area (Å²) >= 11 is 1.44. The molecule has 2 aromatic heterocycles. The number of rotatable bonds is 7. The first kappa shape index (κ1) is 26.2. The van der Waals surface area contributed by atoms with Crippen LogP contribution in [0.15, 0.2) is 46.9 Å². The minimum absolute atomic E-state index is 0.0896. The second-order valence-electron chi connectivity index (χ2n) is 8.86. The minimum atomic E-state index is -4.62. The number of hydrogen-bond donors (Lipinski definition) is 0. The number of carbonyl (C=O) groups excluding carboxylic acids is 1. The molecule has 13 heteroatoms. The number of aldehydes is 1. The van der Waals surface area contributed by atoms with Crippen molar-refractivity contribution in [2.24, 2.45) is 5.16 Å². The van der Waals surface area contributed by atoms with Crippen molar-refractivity contribution >= 4 is 23.3 Å². The summed E-state index contributed by atoms with van der Waals surface area (Å²) in [5.74, 6) is -1.58. The number of alkyl halides is 3. The zero-order chi connectivity index (χ0) is 26.9. The summed E-state index contributed by atoms with van der Waals surface area (Å²) in [7, 11) is 0. The molecule has 7 nitrogen and oxygen atoms in total. The van der Waals surface area contributed by atoms with Crippen LogP contribution in [0.4, 0.5) is 22.0 Å². The average molecular weight is 553 g/mol. The summed E-state index contributed by atoms with van der Waals surface area (Å²) in [6.45, 7) is 0.918. The van der Waals surface area contributed by atoms with Gasteiger partial charge in [0.1, 0.15) is 23.0 Å². The molecule has 1 aromatic carbocycles. The summed E-state index contributed by atoms with van der Waals surface area (Å²) < 4.78 is 72.5. The lowest BCUT2D eigenvalue weighted by molar-refractivity contribution is -0.141. The van der Waals surface area contributed by atoms with Crippen molar-refractivity contribution in [3.8, 4) is 5.88 Å². The molecule has 0 saturated carbocycles. The predicted molar refractivity (Wildman–Crippen MR) is 127 cm³/mol. The first-order valence-corrected chi connectivity index (χ1v) is 12.6. The number of hydrogen-bond acceptors (Lipinski definition) is 8. The number of likely N-dealkylation sites (tertiary alicyclic amines) is 1. The molecule has 2 atom stereocenters. The van der Waals surface area contributed by atoms with Gasteiger partial charge in [0.15, 0.2) is 12.4 Å². The topological polar surface area (TPSA) is 76.9 Å². The first-order chi connectivity index (χ1) is 18.2. The van der Waals surface area contributed by atoms with Gasteiger partial charge >= 0.3 is 6.18 Å². The summed E-state index contributed by atoms with van der Waals surface area (Å²) in [6.07, 6.45) is -4.55. The fourth-order valence-electron chi connectivity index (χ4n) is 4.46. The lowest BCUT2D eigenvalue weighted by Gasteiger charge is -2.34. The molecular formula is C25H21F5N4O3S.